The maximum Gasteiger partial charge on any atom is 0.244 e. The molecule has 1 heterocycles. The summed E-state index contributed by atoms with van der Waals surface area (Å²) in [5, 5.41) is 3.60. The van der Waals surface area contributed by atoms with Gasteiger partial charge in [-0.1, -0.05) is 19.8 Å². The van der Waals surface area contributed by atoms with Gasteiger partial charge >= 0.3 is 0 Å². The molecular weight excluding hydrogens is 212 g/mol. The minimum atomic E-state index is -0.127. The first kappa shape index (κ1) is 11.5. The molecule has 1 amide bonds. The summed E-state index contributed by atoms with van der Waals surface area (Å²) in [5.41, 5.74) is -0.127. The van der Waals surface area contributed by atoms with Gasteiger partial charge in [0.05, 0.1) is 11.7 Å². The zero-order valence-electron chi connectivity index (χ0n) is 11.0. The van der Waals surface area contributed by atoms with Gasteiger partial charge in [-0.15, -0.1) is 0 Å². The highest BCUT2D eigenvalue weighted by Crippen LogP contribution is 2.45. The molecule has 2 unspecified atom stereocenters. The van der Waals surface area contributed by atoms with Crippen molar-refractivity contribution in [1.29, 1.82) is 0 Å². The molecule has 1 spiro atoms. The summed E-state index contributed by atoms with van der Waals surface area (Å²) in [6, 6.07) is 0.445. The van der Waals surface area contributed by atoms with Crippen LogP contribution < -0.4 is 5.32 Å². The Kier molecular flexibility index (Phi) is 2.69. The highest BCUT2D eigenvalue weighted by atomic mass is 16.2. The Morgan fingerprint density at radius 3 is 2.65 bits per heavy atom. The first-order valence-electron chi connectivity index (χ1n) is 7.28. The fraction of sp³-hybridized carbons (Fsp3) is 0.929. The zero-order chi connectivity index (χ0) is 12.0. The molecule has 0 aromatic heterocycles. The minimum Gasteiger partial charge on any atom is -0.323 e. The van der Waals surface area contributed by atoms with Gasteiger partial charge in [0.25, 0.3) is 0 Å². The smallest absolute Gasteiger partial charge is 0.244 e. The maximum atomic E-state index is 12.5. The summed E-state index contributed by atoms with van der Waals surface area (Å²) in [6.45, 7) is 4.46. The molecular formula is C14H24N2O. The second-order valence-corrected chi connectivity index (χ2v) is 6.17. The van der Waals surface area contributed by atoms with Crippen LogP contribution in [0.1, 0.15) is 58.8 Å². The van der Waals surface area contributed by atoms with Crippen molar-refractivity contribution in [2.45, 2.75) is 76.5 Å². The molecule has 3 heteroatoms. The number of rotatable bonds is 4. The quantitative estimate of drug-likeness (QED) is 0.812. The molecule has 0 radical (unpaired) electrons. The van der Waals surface area contributed by atoms with E-state index in [4.69, 9.17) is 0 Å². The number of hydrogen-bond donors (Lipinski definition) is 1. The fourth-order valence-electron chi connectivity index (χ4n) is 3.42. The van der Waals surface area contributed by atoms with Crippen molar-refractivity contribution in [3.8, 4) is 0 Å². The van der Waals surface area contributed by atoms with E-state index < -0.39 is 0 Å². The first-order chi connectivity index (χ1) is 8.18. The Hall–Kier alpha value is -0.570. The topological polar surface area (TPSA) is 32.3 Å². The lowest BCUT2D eigenvalue weighted by Crippen LogP contribution is -2.48. The molecule has 1 aliphatic heterocycles. The molecule has 3 aliphatic rings. The van der Waals surface area contributed by atoms with E-state index in [9.17, 15) is 4.79 Å². The second-order valence-electron chi connectivity index (χ2n) is 6.17. The summed E-state index contributed by atoms with van der Waals surface area (Å²) in [4.78, 5) is 14.7. The number of nitrogens with zero attached hydrogens (tertiary/aromatic N) is 1. The van der Waals surface area contributed by atoms with E-state index in [2.05, 4.69) is 24.1 Å². The summed E-state index contributed by atoms with van der Waals surface area (Å²) in [7, 11) is 0. The molecule has 0 bridgehead atoms. The molecule has 96 valence electrons. The summed E-state index contributed by atoms with van der Waals surface area (Å²) in [5.74, 6) is 1.16. The van der Waals surface area contributed by atoms with Gasteiger partial charge in [-0.25, -0.2) is 0 Å². The molecule has 3 fully saturated rings. The van der Waals surface area contributed by atoms with E-state index in [1.54, 1.807) is 0 Å². The second kappa shape index (κ2) is 3.98. The van der Waals surface area contributed by atoms with Crippen LogP contribution in [0.3, 0.4) is 0 Å². The maximum absolute atomic E-state index is 12.5. The molecule has 3 nitrogen and oxygen atoms in total. The Morgan fingerprint density at radius 1 is 1.47 bits per heavy atom. The van der Waals surface area contributed by atoms with Crippen LogP contribution in [0, 0.1) is 5.92 Å². The SMILES string of the molecule is CCCC1NC2(CC2)C(=O)N1C(C)C1CCC1. The molecule has 2 atom stereocenters. The lowest BCUT2D eigenvalue weighted by atomic mass is 9.79. The Balaban J connectivity index is 1.76. The van der Waals surface area contributed by atoms with Crippen LogP contribution in [0.4, 0.5) is 0 Å². The average molecular weight is 236 g/mol. The predicted octanol–water partition coefficient (Wildman–Crippen LogP) is 2.27. The Morgan fingerprint density at radius 2 is 2.18 bits per heavy atom. The van der Waals surface area contributed by atoms with Crippen molar-refractivity contribution in [2.24, 2.45) is 5.92 Å². The summed E-state index contributed by atoms with van der Waals surface area (Å²) >= 11 is 0. The fourth-order valence-corrected chi connectivity index (χ4v) is 3.42. The third kappa shape index (κ3) is 1.70. The van der Waals surface area contributed by atoms with Gasteiger partial charge in [0.15, 0.2) is 0 Å². The first-order valence-corrected chi connectivity index (χ1v) is 7.28. The average Bonchev–Trinajstić information content (AvgIpc) is 2.90. The standard InChI is InChI=1S/C14H24N2O/c1-3-5-12-15-14(8-9-14)13(17)16(12)10(2)11-6-4-7-11/h10-12,15H,3-9H2,1-2H3. The van der Waals surface area contributed by atoms with E-state index in [0.29, 0.717) is 18.1 Å². The third-order valence-electron chi connectivity index (χ3n) is 5.01. The van der Waals surface area contributed by atoms with E-state index in [1.165, 1.54) is 19.3 Å². The minimum absolute atomic E-state index is 0.127. The molecule has 2 saturated carbocycles. The van der Waals surface area contributed by atoms with E-state index in [0.717, 1.165) is 31.6 Å². The van der Waals surface area contributed by atoms with Crippen LogP contribution in [-0.2, 0) is 4.79 Å². The van der Waals surface area contributed by atoms with Crippen LogP contribution in [0.15, 0.2) is 0 Å². The molecule has 1 saturated heterocycles. The van der Waals surface area contributed by atoms with E-state index >= 15 is 0 Å². The van der Waals surface area contributed by atoms with Crippen molar-refractivity contribution in [3.63, 3.8) is 0 Å². The van der Waals surface area contributed by atoms with Crippen molar-refractivity contribution >= 4 is 5.91 Å². The van der Waals surface area contributed by atoms with Gasteiger partial charge in [0.2, 0.25) is 5.91 Å². The van der Waals surface area contributed by atoms with Crippen LogP contribution >= 0.6 is 0 Å². The summed E-state index contributed by atoms with van der Waals surface area (Å²) in [6.07, 6.45) is 8.66. The normalized spacial score (nSPS) is 32.9. The van der Waals surface area contributed by atoms with Crippen LogP contribution in [0.2, 0.25) is 0 Å². The van der Waals surface area contributed by atoms with Crippen LogP contribution in [0.5, 0.6) is 0 Å². The lowest BCUT2D eigenvalue weighted by molar-refractivity contribution is -0.134. The number of carbonyl (C=O) groups is 1. The van der Waals surface area contributed by atoms with E-state index in [-0.39, 0.29) is 5.54 Å². The lowest BCUT2D eigenvalue weighted by Gasteiger charge is -2.39. The van der Waals surface area contributed by atoms with Gasteiger partial charge in [-0.3, -0.25) is 10.1 Å². The molecule has 1 N–H and O–H groups in total. The van der Waals surface area contributed by atoms with Gasteiger partial charge in [-0.2, -0.15) is 0 Å². The highest BCUT2D eigenvalue weighted by molar-refractivity contribution is 5.92. The molecule has 3 rings (SSSR count). The molecule has 0 aromatic rings. The van der Waals surface area contributed by atoms with E-state index in [1.807, 2.05) is 0 Å². The van der Waals surface area contributed by atoms with Crippen molar-refractivity contribution in [2.75, 3.05) is 0 Å². The number of amides is 1. The summed E-state index contributed by atoms with van der Waals surface area (Å²) < 4.78 is 0. The Labute approximate surface area is 104 Å². The van der Waals surface area contributed by atoms with Gasteiger partial charge < -0.3 is 4.90 Å². The third-order valence-corrected chi connectivity index (χ3v) is 5.01. The highest BCUT2D eigenvalue weighted by Gasteiger charge is 2.60. The van der Waals surface area contributed by atoms with Gasteiger partial charge in [-0.05, 0) is 44.9 Å². The zero-order valence-corrected chi connectivity index (χ0v) is 11.0. The number of carbonyl (C=O) groups excluding carboxylic acids is 1. The monoisotopic (exact) mass is 236 g/mol. The van der Waals surface area contributed by atoms with Gasteiger partial charge in [0, 0.05) is 6.04 Å². The van der Waals surface area contributed by atoms with Crippen molar-refractivity contribution in [3.05, 3.63) is 0 Å². The largest absolute Gasteiger partial charge is 0.323 e. The molecule has 2 aliphatic carbocycles. The number of hydrogen-bond acceptors (Lipinski definition) is 2. The van der Waals surface area contributed by atoms with Crippen molar-refractivity contribution < 1.29 is 4.79 Å². The van der Waals surface area contributed by atoms with Gasteiger partial charge in [0.1, 0.15) is 0 Å². The van der Waals surface area contributed by atoms with Crippen LogP contribution in [-0.4, -0.2) is 28.6 Å². The van der Waals surface area contributed by atoms with Crippen molar-refractivity contribution in [1.82, 2.24) is 10.2 Å². The molecule has 0 aromatic carbocycles. The predicted molar refractivity (Wildman–Crippen MR) is 67.4 cm³/mol. The van der Waals surface area contributed by atoms with Crippen LogP contribution in [0.25, 0.3) is 0 Å². The number of nitrogens with one attached hydrogen (secondary N) is 1. The molecule has 17 heavy (non-hydrogen) atoms. The Bertz CT molecular complexity index is 320.